The van der Waals surface area contributed by atoms with Crippen molar-refractivity contribution < 1.29 is 19.4 Å². The van der Waals surface area contributed by atoms with Gasteiger partial charge in [-0.3, -0.25) is 0 Å². The summed E-state index contributed by atoms with van der Waals surface area (Å²) >= 11 is 11.4. The van der Waals surface area contributed by atoms with Crippen molar-refractivity contribution in [2.45, 2.75) is 46.1 Å². The summed E-state index contributed by atoms with van der Waals surface area (Å²) in [4.78, 5) is 34.2. The van der Waals surface area contributed by atoms with Crippen LogP contribution in [0.3, 0.4) is 0 Å². The Balaban J connectivity index is 0.000000311. The molecule has 166 valence electrons. The van der Waals surface area contributed by atoms with E-state index in [1.54, 1.807) is 0 Å². The first-order chi connectivity index (χ1) is 13.7. The van der Waals surface area contributed by atoms with Gasteiger partial charge in [-0.2, -0.15) is 4.68 Å². The fraction of sp³-hybridized carbons (Fsp3) is 0.444. The Morgan fingerprint density at radius 1 is 1.23 bits per heavy atom. The van der Waals surface area contributed by atoms with Crippen molar-refractivity contribution in [3.63, 3.8) is 0 Å². The second kappa shape index (κ2) is 9.86. The highest BCUT2D eigenvalue weighted by Gasteiger charge is 2.22. The number of hydrogen-bond acceptors (Lipinski definition) is 6. The number of aromatic nitrogens is 3. The molecule has 10 nitrogen and oxygen atoms in total. The molecule has 2 aromatic rings. The first-order valence-electron chi connectivity index (χ1n) is 8.76. The van der Waals surface area contributed by atoms with E-state index < -0.39 is 23.2 Å². The summed E-state index contributed by atoms with van der Waals surface area (Å²) in [5, 5.41) is 15.7. The van der Waals surface area contributed by atoms with E-state index in [1.807, 2.05) is 34.6 Å². The summed E-state index contributed by atoms with van der Waals surface area (Å²) < 4.78 is 6.47. The van der Waals surface area contributed by atoms with Gasteiger partial charge >= 0.3 is 17.7 Å². The molecule has 0 saturated carbocycles. The predicted octanol–water partition coefficient (Wildman–Crippen LogP) is 2.94. The zero-order chi connectivity index (χ0) is 23.4. The van der Waals surface area contributed by atoms with Crippen molar-refractivity contribution in [1.29, 1.82) is 0 Å². The number of hydrogen-bond donors (Lipinski definition) is 3. The minimum atomic E-state index is -1.16. The van der Waals surface area contributed by atoms with Gasteiger partial charge in [0.2, 0.25) is 0 Å². The number of aromatic carboxylic acids is 1. The maximum Gasteiger partial charge on any atom is 0.373 e. The number of benzene rings is 1. The van der Waals surface area contributed by atoms with Crippen LogP contribution in [-0.2, 0) is 0 Å². The van der Waals surface area contributed by atoms with Crippen LogP contribution in [0, 0.1) is 0 Å². The van der Waals surface area contributed by atoms with E-state index in [4.69, 9.17) is 38.9 Å². The lowest BCUT2D eigenvalue weighted by molar-refractivity contribution is 0.0693. The number of nitrogens with zero attached hydrogens (tertiary/aromatic N) is 3. The number of nitrogens with two attached hydrogens (primary N) is 1. The van der Waals surface area contributed by atoms with Gasteiger partial charge in [0.1, 0.15) is 5.56 Å². The quantitative estimate of drug-likeness (QED) is 0.596. The Morgan fingerprint density at radius 3 is 2.13 bits per heavy atom. The molecule has 0 spiro atoms. The number of carboxylic acids is 1. The number of ether oxygens (including phenoxy) is 1. The van der Waals surface area contributed by atoms with E-state index in [2.05, 4.69) is 10.4 Å². The molecule has 0 radical (unpaired) electrons. The number of nitrogens with one attached hydrogen (secondary N) is 1. The summed E-state index contributed by atoms with van der Waals surface area (Å²) in [6.07, 6.45) is 0. The normalized spacial score (nSPS) is 11.0. The van der Waals surface area contributed by atoms with Crippen LogP contribution in [0.15, 0.2) is 16.9 Å². The number of halogens is 2. The number of rotatable bonds is 3. The number of carbonyl (C=O) groups is 2. The van der Waals surface area contributed by atoms with Gasteiger partial charge < -0.3 is 21.0 Å². The van der Waals surface area contributed by atoms with E-state index in [0.717, 1.165) is 9.36 Å². The van der Waals surface area contributed by atoms with E-state index >= 15 is 0 Å². The van der Waals surface area contributed by atoms with Crippen LogP contribution in [0.2, 0.25) is 10.0 Å². The molecule has 1 aromatic heterocycles. The molecular weight excluding hydrogens is 437 g/mol. The van der Waals surface area contributed by atoms with Crippen LogP contribution in [-0.4, -0.2) is 44.2 Å². The molecule has 0 aliphatic heterocycles. The predicted molar refractivity (Wildman–Crippen MR) is 114 cm³/mol. The molecule has 0 bridgehead atoms. The lowest BCUT2D eigenvalue weighted by atomic mass is 10.1. The van der Waals surface area contributed by atoms with E-state index in [1.165, 1.54) is 19.2 Å². The number of methoxy groups -OCH3 is 1. The molecule has 4 N–H and O–H groups in total. The lowest BCUT2D eigenvalue weighted by Gasteiger charge is -2.19. The fourth-order valence-corrected chi connectivity index (χ4v) is 2.69. The van der Waals surface area contributed by atoms with Crippen LogP contribution in [0.5, 0.6) is 5.75 Å². The summed E-state index contributed by atoms with van der Waals surface area (Å²) in [6.45, 7) is 9.14. The lowest BCUT2D eigenvalue weighted by Crippen LogP contribution is -2.47. The van der Waals surface area contributed by atoms with Crippen LogP contribution in [0.25, 0.3) is 0 Å². The molecule has 0 aliphatic rings. The molecule has 0 unspecified atom stereocenters. The average molecular weight is 462 g/mol. The Labute approximate surface area is 183 Å². The van der Waals surface area contributed by atoms with E-state index in [-0.39, 0.29) is 27.3 Å². The molecule has 12 heteroatoms. The van der Waals surface area contributed by atoms with Crippen molar-refractivity contribution in [1.82, 2.24) is 19.8 Å². The summed E-state index contributed by atoms with van der Waals surface area (Å²) in [5.41, 5.74) is -1.19. The van der Waals surface area contributed by atoms with Gasteiger partial charge in [0, 0.05) is 11.5 Å². The van der Waals surface area contributed by atoms with Crippen molar-refractivity contribution >= 4 is 35.2 Å². The molecule has 1 aromatic carbocycles. The summed E-state index contributed by atoms with van der Waals surface area (Å²) in [5.74, 6) is 4.81. The zero-order valence-electron chi connectivity index (χ0n) is 17.5. The number of nitrogen functional groups attached to an aromatic ring is 1. The third kappa shape index (κ3) is 6.14. The van der Waals surface area contributed by atoms with Gasteiger partial charge in [-0.05, 0) is 32.9 Å². The monoisotopic (exact) mass is 461 g/mol. The Kier molecular flexibility index (Phi) is 8.32. The van der Waals surface area contributed by atoms with E-state index in [0.29, 0.717) is 5.82 Å². The minimum Gasteiger partial charge on any atom is -0.494 e. The number of carboxylic acid groups (broad SMARTS) is 1. The molecule has 30 heavy (non-hydrogen) atoms. The third-order valence-corrected chi connectivity index (χ3v) is 4.12. The van der Waals surface area contributed by atoms with Crippen molar-refractivity contribution in [2.24, 2.45) is 0 Å². The SMILES string of the molecule is CC(C)c1nn(C(=O)NC(C)(C)C)c(=O)n1N.COc1c(Cl)ccc(Cl)c1C(=O)O. The maximum absolute atomic E-state index is 11.8. The van der Waals surface area contributed by atoms with Gasteiger partial charge in [0.05, 0.1) is 17.2 Å². The van der Waals surface area contributed by atoms with Crippen LogP contribution in [0.1, 0.15) is 56.7 Å². The first-order valence-corrected chi connectivity index (χ1v) is 9.51. The number of amides is 1. The summed E-state index contributed by atoms with van der Waals surface area (Å²) in [7, 11) is 1.34. The fourth-order valence-electron chi connectivity index (χ4n) is 2.23. The Morgan fingerprint density at radius 2 is 1.77 bits per heavy atom. The topological polar surface area (TPSA) is 141 Å². The smallest absolute Gasteiger partial charge is 0.373 e. The molecule has 1 heterocycles. The zero-order valence-corrected chi connectivity index (χ0v) is 19.0. The second-order valence-electron chi connectivity index (χ2n) is 7.50. The van der Waals surface area contributed by atoms with Gasteiger partial charge in [-0.15, -0.1) is 9.78 Å². The van der Waals surface area contributed by atoms with Crippen LogP contribution in [0.4, 0.5) is 4.79 Å². The Bertz CT molecular complexity index is 992. The maximum atomic E-state index is 11.8. The molecular formula is C18H25Cl2N5O5. The highest BCUT2D eigenvalue weighted by Crippen LogP contribution is 2.33. The molecule has 2 rings (SSSR count). The molecule has 0 aliphatic carbocycles. The first kappa shape index (κ1) is 25.3. The van der Waals surface area contributed by atoms with Gasteiger partial charge in [-0.1, -0.05) is 37.0 Å². The van der Waals surface area contributed by atoms with Crippen molar-refractivity contribution in [3.05, 3.63) is 44.1 Å². The standard InChI is InChI=1S/C10H19N5O2.C8H6Cl2O3/c1-6(2)7-13-15(9(17)14(7)11)8(16)12-10(3,4)5;1-13-7-5(10)3-2-4(9)6(7)8(11)12/h6H,11H2,1-5H3,(H,12,16);2-3H,1H3,(H,11,12). The van der Waals surface area contributed by atoms with Crippen molar-refractivity contribution in [2.75, 3.05) is 13.0 Å². The van der Waals surface area contributed by atoms with Crippen LogP contribution < -0.4 is 21.6 Å². The highest BCUT2D eigenvalue weighted by molar-refractivity contribution is 6.36. The number of carbonyl (C=O) groups excluding carboxylic acids is 1. The molecule has 0 atom stereocenters. The largest absolute Gasteiger partial charge is 0.494 e. The highest BCUT2D eigenvalue weighted by atomic mass is 35.5. The van der Waals surface area contributed by atoms with Crippen LogP contribution >= 0.6 is 23.2 Å². The van der Waals surface area contributed by atoms with Gasteiger partial charge in [0.25, 0.3) is 0 Å². The second-order valence-corrected chi connectivity index (χ2v) is 8.31. The molecule has 1 amide bonds. The van der Waals surface area contributed by atoms with Crippen molar-refractivity contribution in [3.8, 4) is 5.75 Å². The van der Waals surface area contributed by atoms with E-state index in [9.17, 15) is 14.4 Å². The van der Waals surface area contributed by atoms with Gasteiger partial charge in [-0.25, -0.2) is 14.4 Å². The molecule has 0 fully saturated rings. The third-order valence-electron chi connectivity index (χ3n) is 3.50. The minimum absolute atomic E-state index is 0.0311. The average Bonchev–Trinajstić information content (AvgIpc) is 2.91. The molecule has 0 saturated heterocycles. The van der Waals surface area contributed by atoms with Gasteiger partial charge in [0.15, 0.2) is 11.6 Å². The summed E-state index contributed by atoms with van der Waals surface area (Å²) in [6, 6.07) is 2.32. The Hall–Kier alpha value is -2.72.